The number of carbonyl (C=O) groups is 2. The van der Waals surface area contributed by atoms with Crippen molar-refractivity contribution in [3.05, 3.63) is 95.8 Å². The number of halogens is 3. The number of anilines is 1. The molecule has 1 aromatic heterocycles. The first kappa shape index (κ1) is 21.1. The minimum absolute atomic E-state index is 0.0170. The van der Waals surface area contributed by atoms with Gasteiger partial charge in [-0.15, -0.1) is 13.2 Å². The molecule has 162 valence electrons. The van der Waals surface area contributed by atoms with Gasteiger partial charge in [-0.25, -0.2) is 0 Å². The first-order valence-corrected chi connectivity index (χ1v) is 9.39. The fourth-order valence-electron chi connectivity index (χ4n) is 3.50. The standard InChI is InChI=1S/C23H15F3N2O4/c24-23(25,26)32-16-10-6-9-15(13-16)28-19(17-11-4-5-12-27-17)18(21(30)22(28)31)20(29)14-7-2-1-3-8-14/h1-13,19,29H/b20-18+. The van der Waals surface area contributed by atoms with Crippen LogP contribution in [0.4, 0.5) is 18.9 Å². The molecule has 4 rings (SSSR count). The van der Waals surface area contributed by atoms with Crippen LogP contribution in [0.5, 0.6) is 5.75 Å². The van der Waals surface area contributed by atoms with E-state index in [2.05, 4.69) is 9.72 Å². The van der Waals surface area contributed by atoms with Crippen LogP contribution in [0.25, 0.3) is 5.76 Å². The highest BCUT2D eigenvalue weighted by atomic mass is 19.4. The van der Waals surface area contributed by atoms with Crippen molar-refractivity contribution in [3.63, 3.8) is 0 Å². The molecule has 0 saturated carbocycles. The zero-order chi connectivity index (χ0) is 22.9. The van der Waals surface area contributed by atoms with E-state index >= 15 is 0 Å². The SMILES string of the molecule is O=C1C(=O)N(c2cccc(OC(F)(F)F)c2)C(c2ccccn2)/C1=C(\O)c1ccccc1. The Labute approximate surface area is 180 Å². The maximum atomic E-state index is 13.0. The third-order valence-corrected chi connectivity index (χ3v) is 4.79. The molecule has 1 atom stereocenters. The summed E-state index contributed by atoms with van der Waals surface area (Å²) in [4.78, 5) is 31.1. The number of pyridine rings is 1. The van der Waals surface area contributed by atoms with Gasteiger partial charge in [0.25, 0.3) is 11.7 Å². The Morgan fingerprint density at radius 3 is 2.34 bits per heavy atom. The summed E-state index contributed by atoms with van der Waals surface area (Å²) >= 11 is 0. The van der Waals surface area contributed by atoms with Gasteiger partial charge in [0.15, 0.2) is 0 Å². The number of rotatable bonds is 4. The van der Waals surface area contributed by atoms with E-state index in [4.69, 9.17) is 0 Å². The van der Waals surface area contributed by atoms with Crippen LogP contribution >= 0.6 is 0 Å². The summed E-state index contributed by atoms with van der Waals surface area (Å²) in [6.07, 6.45) is -3.48. The summed E-state index contributed by atoms with van der Waals surface area (Å²) in [5.74, 6) is -2.96. The van der Waals surface area contributed by atoms with Gasteiger partial charge in [-0.1, -0.05) is 42.5 Å². The van der Waals surface area contributed by atoms with E-state index in [-0.39, 0.29) is 17.0 Å². The molecule has 0 radical (unpaired) electrons. The van der Waals surface area contributed by atoms with Gasteiger partial charge in [0.1, 0.15) is 17.6 Å². The maximum absolute atomic E-state index is 13.0. The largest absolute Gasteiger partial charge is 0.573 e. The Balaban J connectivity index is 1.88. The maximum Gasteiger partial charge on any atom is 0.573 e. The molecule has 1 saturated heterocycles. The van der Waals surface area contributed by atoms with Crippen LogP contribution in [0.3, 0.4) is 0 Å². The monoisotopic (exact) mass is 440 g/mol. The number of nitrogens with zero attached hydrogens (tertiary/aromatic N) is 2. The normalized spacial score (nSPS) is 18.1. The van der Waals surface area contributed by atoms with Crippen LogP contribution < -0.4 is 9.64 Å². The molecule has 2 heterocycles. The lowest BCUT2D eigenvalue weighted by molar-refractivity contribution is -0.274. The number of aromatic nitrogens is 1. The van der Waals surface area contributed by atoms with Crippen molar-refractivity contribution in [3.8, 4) is 5.75 Å². The summed E-state index contributed by atoms with van der Waals surface area (Å²) in [6, 6.07) is 16.5. The molecule has 0 spiro atoms. The Kier molecular flexibility index (Phi) is 5.40. The van der Waals surface area contributed by atoms with Crippen molar-refractivity contribution in [2.24, 2.45) is 0 Å². The van der Waals surface area contributed by atoms with Gasteiger partial charge in [0.05, 0.1) is 11.3 Å². The molecular formula is C23H15F3N2O4. The zero-order valence-electron chi connectivity index (χ0n) is 16.3. The summed E-state index contributed by atoms with van der Waals surface area (Å²) in [6.45, 7) is 0. The van der Waals surface area contributed by atoms with Crippen molar-refractivity contribution >= 4 is 23.1 Å². The Morgan fingerprint density at radius 1 is 0.969 bits per heavy atom. The predicted molar refractivity (Wildman–Crippen MR) is 109 cm³/mol. The average molecular weight is 440 g/mol. The van der Waals surface area contributed by atoms with Crippen LogP contribution in [-0.2, 0) is 9.59 Å². The molecule has 3 aromatic rings. The van der Waals surface area contributed by atoms with Gasteiger partial charge in [0, 0.05) is 23.5 Å². The van der Waals surface area contributed by atoms with Crippen LogP contribution in [0, 0.1) is 0 Å². The van der Waals surface area contributed by atoms with Gasteiger partial charge in [-0.3, -0.25) is 19.5 Å². The number of Topliss-reactive ketones (excluding diaryl/α,β-unsaturated/α-hetero) is 1. The molecule has 6 nitrogen and oxygen atoms in total. The van der Waals surface area contributed by atoms with E-state index in [0.717, 1.165) is 17.0 Å². The van der Waals surface area contributed by atoms with Crippen LogP contribution in [-0.4, -0.2) is 28.1 Å². The second kappa shape index (κ2) is 8.18. The Hall–Kier alpha value is -4.14. The number of hydrogen-bond donors (Lipinski definition) is 1. The van der Waals surface area contributed by atoms with Gasteiger partial charge in [-0.2, -0.15) is 0 Å². The highest BCUT2D eigenvalue weighted by Gasteiger charge is 2.47. The first-order chi connectivity index (χ1) is 15.3. The van der Waals surface area contributed by atoms with Gasteiger partial charge in [-0.05, 0) is 24.3 Å². The number of hydrogen-bond acceptors (Lipinski definition) is 5. The predicted octanol–water partition coefficient (Wildman–Crippen LogP) is 4.61. The molecule has 0 bridgehead atoms. The molecular weight excluding hydrogens is 425 g/mol. The molecule has 2 aromatic carbocycles. The summed E-state index contributed by atoms with van der Waals surface area (Å²) < 4.78 is 42.0. The third-order valence-electron chi connectivity index (χ3n) is 4.79. The lowest BCUT2D eigenvalue weighted by Crippen LogP contribution is -2.30. The third kappa shape index (κ3) is 4.04. The number of ether oxygens (including phenoxy) is 1. The van der Waals surface area contributed by atoms with Crippen molar-refractivity contribution in [2.75, 3.05) is 4.90 Å². The summed E-state index contributed by atoms with van der Waals surface area (Å²) in [7, 11) is 0. The number of amides is 1. The second-order valence-corrected chi connectivity index (χ2v) is 6.83. The molecule has 32 heavy (non-hydrogen) atoms. The van der Waals surface area contributed by atoms with E-state index in [9.17, 15) is 27.9 Å². The Bertz CT molecular complexity index is 1190. The molecule has 1 amide bonds. The summed E-state index contributed by atoms with van der Waals surface area (Å²) in [5, 5.41) is 10.9. The van der Waals surface area contributed by atoms with E-state index < -0.39 is 35.6 Å². The zero-order valence-corrected chi connectivity index (χ0v) is 16.3. The minimum atomic E-state index is -4.93. The molecule has 1 aliphatic rings. The lowest BCUT2D eigenvalue weighted by atomic mass is 9.98. The lowest BCUT2D eigenvalue weighted by Gasteiger charge is -2.25. The Morgan fingerprint density at radius 2 is 1.69 bits per heavy atom. The van der Waals surface area contributed by atoms with Gasteiger partial charge >= 0.3 is 6.36 Å². The molecule has 1 N–H and O–H groups in total. The molecule has 1 unspecified atom stereocenters. The van der Waals surface area contributed by atoms with Crippen LogP contribution in [0.2, 0.25) is 0 Å². The van der Waals surface area contributed by atoms with Gasteiger partial charge in [0.2, 0.25) is 0 Å². The smallest absolute Gasteiger partial charge is 0.507 e. The molecule has 0 aliphatic carbocycles. The van der Waals surface area contributed by atoms with E-state index in [1.54, 1.807) is 48.5 Å². The highest BCUT2D eigenvalue weighted by Crippen LogP contribution is 2.42. The number of ketones is 1. The van der Waals surface area contributed by atoms with Crippen molar-refractivity contribution in [2.45, 2.75) is 12.4 Å². The fourth-order valence-corrected chi connectivity index (χ4v) is 3.50. The first-order valence-electron chi connectivity index (χ1n) is 9.39. The second-order valence-electron chi connectivity index (χ2n) is 6.83. The van der Waals surface area contributed by atoms with Crippen molar-refractivity contribution in [1.29, 1.82) is 0 Å². The minimum Gasteiger partial charge on any atom is -0.507 e. The average Bonchev–Trinajstić information content (AvgIpc) is 3.04. The van der Waals surface area contributed by atoms with Gasteiger partial charge < -0.3 is 9.84 Å². The van der Waals surface area contributed by atoms with Crippen molar-refractivity contribution < 1.29 is 32.6 Å². The van der Waals surface area contributed by atoms with E-state index in [0.29, 0.717) is 5.56 Å². The summed E-state index contributed by atoms with van der Waals surface area (Å²) in [5.41, 5.74) is 0.325. The number of aliphatic hydroxyl groups excluding tert-OH is 1. The molecule has 1 fully saturated rings. The fraction of sp³-hybridized carbons (Fsp3) is 0.0870. The number of alkyl halides is 3. The van der Waals surface area contributed by atoms with E-state index in [1.165, 1.54) is 18.3 Å². The topological polar surface area (TPSA) is 79.7 Å². The molecule has 9 heteroatoms. The number of carbonyl (C=O) groups excluding carboxylic acids is 2. The molecule has 1 aliphatic heterocycles. The number of aliphatic hydroxyl groups is 1. The van der Waals surface area contributed by atoms with Crippen LogP contribution in [0.1, 0.15) is 17.3 Å². The van der Waals surface area contributed by atoms with Crippen LogP contribution in [0.15, 0.2) is 84.6 Å². The van der Waals surface area contributed by atoms with E-state index in [1.807, 2.05) is 0 Å². The van der Waals surface area contributed by atoms with Crippen molar-refractivity contribution in [1.82, 2.24) is 4.98 Å². The number of benzene rings is 2. The highest BCUT2D eigenvalue weighted by molar-refractivity contribution is 6.51. The quantitative estimate of drug-likeness (QED) is 0.364.